The average molecular weight is 411 g/mol. The van der Waals surface area contributed by atoms with Crippen molar-refractivity contribution in [3.8, 4) is 0 Å². The maximum absolute atomic E-state index is 12.0. The van der Waals surface area contributed by atoms with Crippen molar-refractivity contribution in [1.29, 1.82) is 0 Å². The third-order valence-electron chi connectivity index (χ3n) is 5.00. The molecule has 0 aromatic carbocycles. The number of aromatic amines is 1. The zero-order valence-corrected chi connectivity index (χ0v) is 17.2. The SMILES string of the molecule is Cn1[nH]c(=O)c(Cl)c1CCCCCCCCCCCCCCCC(F)(F)F. The summed E-state index contributed by atoms with van der Waals surface area (Å²) in [5.74, 6) is 0. The lowest BCUT2D eigenvalue weighted by atomic mass is 10.0. The summed E-state index contributed by atoms with van der Waals surface area (Å²) in [6.45, 7) is 0. The molecule has 1 rings (SSSR count). The fourth-order valence-corrected chi connectivity index (χ4v) is 3.65. The van der Waals surface area contributed by atoms with Gasteiger partial charge in [0.15, 0.2) is 0 Å². The van der Waals surface area contributed by atoms with Gasteiger partial charge in [-0.05, 0) is 19.3 Å². The molecule has 1 aromatic heterocycles. The van der Waals surface area contributed by atoms with E-state index in [4.69, 9.17) is 11.6 Å². The molecule has 1 N–H and O–H groups in total. The first-order valence-corrected chi connectivity index (χ1v) is 10.7. The number of rotatable bonds is 15. The Bertz CT molecular complexity index is 567. The number of alkyl halides is 3. The van der Waals surface area contributed by atoms with E-state index in [0.717, 1.165) is 44.2 Å². The summed E-state index contributed by atoms with van der Waals surface area (Å²) in [7, 11) is 1.81. The topological polar surface area (TPSA) is 37.8 Å². The van der Waals surface area contributed by atoms with Gasteiger partial charge in [-0.2, -0.15) is 13.2 Å². The molecule has 0 spiro atoms. The first-order valence-electron chi connectivity index (χ1n) is 10.3. The smallest absolute Gasteiger partial charge is 0.291 e. The van der Waals surface area contributed by atoms with Gasteiger partial charge in [0.1, 0.15) is 5.02 Å². The third-order valence-corrected chi connectivity index (χ3v) is 5.39. The van der Waals surface area contributed by atoms with Gasteiger partial charge in [0.25, 0.3) is 5.56 Å². The van der Waals surface area contributed by atoms with Gasteiger partial charge in [0, 0.05) is 13.5 Å². The van der Waals surface area contributed by atoms with E-state index in [0.29, 0.717) is 11.4 Å². The van der Waals surface area contributed by atoms with Crippen LogP contribution in [0.2, 0.25) is 5.02 Å². The van der Waals surface area contributed by atoms with Crippen molar-refractivity contribution < 1.29 is 13.2 Å². The Hall–Kier alpha value is -0.910. The number of nitrogens with one attached hydrogen (secondary N) is 1. The largest absolute Gasteiger partial charge is 0.389 e. The molecule has 0 aliphatic rings. The van der Waals surface area contributed by atoms with Crippen molar-refractivity contribution in [3.05, 3.63) is 21.1 Å². The Labute approximate surface area is 165 Å². The normalized spacial score (nSPS) is 12.0. The molecule has 0 aliphatic heterocycles. The molecule has 0 saturated carbocycles. The van der Waals surface area contributed by atoms with Crippen molar-refractivity contribution >= 4 is 11.6 Å². The fourth-order valence-electron chi connectivity index (χ4n) is 3.39. The van der Waals surface area contributed by atoms with Crippen molar-refractivity contribution in [2.45, 2.75) is 102 Å². The van der Waals surface area contributed by atoms with Gasteiger partial charge >= 0.3 is 6.18 Å². The van der Waals surface area contributed by atoms with Crippen molar-refractivity contribution in [3.63, 3.8) is 0 Å². The van der Waals surface area contributed by atoms with Gasteiger partial charge in [-0.15, -0.1) is 0 Å². The zero-order valence-electron chi connectivity index (χ0n) is 16.5. The highest BCUT2D eigenvalue weighted by Gasteiger charge is 2.25. The Balaban J connectivity index is 1.84. The lowest BCUT2D eigenvalue weighted by Crippen LogP contribution is -2.06. The zero-order chi connectivity index (χ0) is 20.1. The predicted octanol–water partition coefficient (Wildman–Crippen LogP) is 6.93. The summed E-state index contributed by atoms with van der Waals surface area (Å²) < 4.78 is 37.7. The molecule has 0 fully saturated rings. The quantitative estimate of drug-likeness (QED) is 0.312. The number of H-pyrrole nitrogens is 1. The molecule has 0 radical (unpaired) electrons. The van der Waals surface area contributed by atoms with Crippen LogP contribution in [0.15, 0.2) is 4.79 Å². The molecule has 0 saturated heterocycles. The number of aromatic nitrogens is 2. The standard InChI is InChI=1S/C20H34ClF3N2O/c1-26-17(18(21)19(27)25-26)15-13-11-9-7-5-3-2-4-6-8-10-12-14-16-20(22,23)24/h2-16H2,1H3,(H,25,27). The molecule has 0 amide bonds. The maximum Gasteiger partial charge on any atom is 0.389 e. The Morgan fingerprint density at radius 1 is 0.815 bits per heavy atom. The number of nitrogens with zero attached hydrogens (tertiary/aromatic N) is 1. The monoisotopic (exact) mass is 410 g/mol. The van der Waals surface area contributed by atoms with Gasteiger partial charge in [0.2, 0.25) is 0 Å². The van der Waals surface area contributed by atoms with Crippen LogP contribution in [0.25, 0.3) is 0 Å². The average Bonchev–Trinajstić information content (AvgIpc) is 2.83. The number of hydrogen-bond acceptors (Lipinski definition) is 1. The third kappa shape index (κ3) is 11.5. The summed E-state index contributed by atoms with van der Waals surface area (Å²) in [6, 6.07) is 0. The molecule has 1 aromatic rings. The first-order chi connectivity index (χ1) is 12.8. The van der Waals surface area contributed by atoms with Crippen molar-refractivity contribution in [2.24, 2.45) is 7.05 Å². The van der Waals surface area contributed by atoms with Gasteiger partial charge in [0.05, 0.1) is 5.69 Å². The van der Waals surface area contributed by atoms with Crippen LogP contribution in [0.3, 0.4) is 0 Å². The van der Waals surface area contributed by atoms with E-state index < -0.39 is 12.6 Å². The van der Waals surface area contributed by atoms with Crippen LogP contribution in [0, 0.1) is 0 Å². The highest BCUT2D eigenvalue weighted by atomic mass is 35.5. The minimum atomic E-state index is -3.99. The first kappa shape index (κ1) is 24.1. The molecule has 0 aliphatic carbocycles. The highest BCUT2D eigenvalue weighted by Crippen LogP contribution is 2.23. The Morgan fingerprint density at radius 3 is 1.59 bits per heavy atom. The minimum absolute atomic E-state index is 0.213. The van der Waals surface area contributed by atoms with Crippen LogP contribution in [0.5, 0.6) is 0 Å². The second-order valence-electron chi connectivity index (χ2n) is 7.47. The van der Waals surface area contributed by atoms with E-state index in [1.807, 2.05) is 7.05 Å². The molecule has 0 unspecified atom stereocenters. The second-order valence-corrected chi connectivity index (χ2v) is 7.85. The van der Waals surface area contributed by atoms with E-state index in [9.17, 15) is 18.0 Å². The van der Waals surface area contributed by atoms with E-state index in [1.54, 1.807) is 4.68 Å². The summed E-state index contributed by atoms with van der Waals surface area (Å²) in [6.07, 6.45) is 9.83. The number of hydrogen-bond donors (Lipinski definition) is 1. The van der Waals surface area contributed by atoms with Crippen LogP contribution >= 0.6 is 11.6 Å². The van der Waals surface area contributed by atoms with Crippen molar-refractivity contribution in [1.82, 2.24) is 9.78 Å². The van der Waals surface area contributed by atoms with Gasteiger partial charge in [-0.25, -0.2) is 0 Å². The van der Waals surface area contributed by atoms with E-state index in [2.05, 4.69) is 5.10 Å². The molecular formula is C20H34ClF3N2O. The van der Waals surface area contributed by atoms with E-state index in [1.165, 1.54) is 38.5 Å². The molecule has 0 bridgehead atoms. The Morgan fingerprint density at radius 2 is 1.22 bits per heavy atom. The van der Waals surface area contributed by atoms with Crippen LogP contribution in [-0.4, -0.2) is 16.0 Å². The minimum Gasteiger partial charge on any atom is -0.291 e. The molecule has 1 heterocycles. The molecule has 27 heavy (non-hydrogen) atoms. The number of aryl methyl sites for hydroxylation is 1. The molecule has 7 heteroatoms. The fraction of sp³-hybridized carbons (Fsp3) is 0.850. The molecular weight excluding hydrogens is 377 g/mol. The van der Waals surface area contributed by atoms with Crippen LogP contribution in [0.1, 0.15) is 95.6 Å². The summed E-state index contributed by atoms with van der Waals surface area (Å²) >= 11 is 5.98. The van der Waals surface area contributed by atoms with Crippen LogP contribution in [0.4, 0.5) is 13.2 Å². The lowest BCUT2D eigenvalue weighted by Gasteiger charge is -2.06. The second kappa shape index (κ2) is 13.3. The summed E-state index contributed by atoms with van der Waals surface area (Å²) in [4.78, 5) is 11.4. The van der Waals surface area contributed by atoms with E-state index >= 15 is 0 Å². The van der Waals surface area contributed by atoms with Crippen LogP contribution in [-0.2, 0) is 13.5 Å². The van der Waals surface area contributed by atoms with Gasteiger partial charge in [-0.3, -0.25) is 14.6 Å². The number of halogens is 4. The highest BCUT2D eigenvalue weighted by molar-refractivity contribution is 6.31. The van der Waals surface area contributed by atoms with Gasteiger partial charge < -0.3 is 0 Å². The number of unbranched alkanes of at least 4 members (excludes halogenated alkanes) is 12. The predicted molar refractivity (Wildman–Crippen MR) is 105 cm³/mol. The van der Waals surface area contributed by atoms with Crippen LogP contribution < -0.4 is 5.56 Å². The molecule has 3 nitrogen and oxygen atoms in total. The molecule has 0 atom stereocenters. The van der Waals surface area contributed by atoms with Crippen molar-refractivity contribution in [2.75, 3.05) is 0 Å². The summed E-state index contributed by atoms with van der Waals surface area (Å²) in [5.41, 5.74) is 0.676. The lowest BCUT2D eigenvalue weighted by molar-refractivity contribution is -0.135. The molecule has 158 valence electrons. The maximum atomic E-state index is 12.0. The summed E-state index contributed by atoms with van der Waals surface area (Å²) in [5, 5.41) is 2.98. The van der Waals surface area contributed by atoms with Gasteiger partial charge in [-0.1, -0.05) is 82.2 Å². The Kier molecular flexibility index (Phi) is 11.9. The van der Waals surface area contributed by atoms with E-state index in [-0.39, 0.29) is 12.0 Å².